The van der Waals surface area contributed by atoms with E-state index in [0.29, 0.717) is 0 Å². The molecule has 0 saturated heterocycles. The van der Waals surface area contributed by atoms with Crippen LogP contribution in [0.5, 0.6) is 0 Å². The SMILES string of the molecule is CCCC1(CCC)N(C)c2cccc3cccc(c23)N1C. The standard InChI is InChI=1S/C19H26N2/c1-5-13-19(14-6-2)20(3)16-11-7-9-15-10-8-12-17(18(15)16)21(19)4/h7-12H,5-6,13-14H2,1-4H3. The zero-order chi connectivity index (χ0) is 15.0. The topological polar surface area (TPSA) is 6.48 Å². The van der Waals surface area contributed by atoms with Crippen molar-refractivity contribution in [2.24, 2.45) is 0 Å². The second-order valence-corrected chi connectivity index (χ2v) is 6.25. The Bertz CT molecular complexity index is 594. The van der Waals surface area contributed by atoms with Gasteiger partial charge in [0.15, 0.2) is 0 Å². The van der Waals surface area contributed by atoms with Gasteiger partial charge in [-0.05, 0) is 30.4 Å². The maximum atomic E-state index is 2.52. The van der Waals surface area contributed by atoms with Crippen molar-refractivity contribution in [3.05, 3.63) is 36.4 Å². The molecule has 0 aromatic heterocycles. The van der Waals surface area contributed by atoms with Crippen molar-refractivity contribution in [1.29, 1.82) is 0 Å². The molecule has 0 N–H and O–H groups in total. The Morgan fingerprint density at radius 2 is 1.29 bits per heavy atom. The first-order valence-corrected chi connectivity index (χ1v) is 8.15. The summed E-state index contributed by atoms with van der Waals surface area (Å²) in [5.74, 6) is 0. The normalized spacial score (nSPS) is 16.6. The lowest BCUT2D eigenvalue weighted by atomic mass is 9.89. The summed E-state index contributed by atoms with van der Waals surface area (Å²) in [6, 6.07) is 13.4. The van der Waals surface area contributed by atoms with E-state index in [2.05, 4.69) is 74.1 Å². The number of anilines is 2. The maximum Gasteiger partial charge on any atom is 0.112 e. The van der Waals surface area contributed by atoms with Gasteiger partial charge >= 0.3 is 0 Å². The van der Waals surface area contributed by atoms with Crippen molar-refractivity contribution in [3.8, 4) is 0 Å². The molecule has 2 nitrogen and oxygen atoms in total. The van der Waals surface area contributed by atoms with Gasteiger partial charge in [0, 0.05) is 30.9 Å². The van der Waals surface area contributed by atoms with Gasteiger partial charge in [-0.3, -0.25) is 0 Å². The molecule has 0 fully saturated rings. The molecule has 0 atom stereocenters. The minimum absolute atomic E-state index is 0.103. The quantitative estimate of drug-likeness (QED) is 0.776. The Kier molecular flexibility index (Phi) is 3.56. The van der Waals surface area contributed by atoms with E-state index < -0.39 is 0 Å². The molecule has 0 bridgehead atoms. The third kappa shape index (κ3) is 1.92. The van der Waals surface area contributed by atoms with Gasteiger partial charge in [-0.2, -0.15) is 0 Å². The summed E-state index contributed by atoms with van der Waals surface area (Å²) < 4.78 is 0. The van der Waals surface area contributed by atoms with Crippen LogP contribution in [0, 0.1) is 0 Å². The van der Waals surface area contributed by atoms with Crippen LogP contribution in [0.4, 0.5) is 11.4 Å². The predicted molar refractivity (Wildman–Crippen MR) is 93.3 cm³/mol. The monoisotopic (exact) mass is 282 g/mol. The Morgan fingerprint density at radius 3 is 1.71 bits per heavy atom. The van der Waals surface area contributed by atoms with Gasteiger partial charge in [-0.15, -0.1) is 0 Å². The number of hydrogen-bond acceptors (Lipinski definition) is 2. The summed E-state index contributed by atoms with van der Waals surface area (Å²) in [6.45, 7) is 4.58. The lowest BCUT2D eigenvalue weighted by molar-refractivity contribution is 0.333. The molecule has 0 radical (unpaired) electrons. The molecular weight excluding hydrogens is 256 g/mol. The third-order valence-electron chi connectivity index (χ3n) is 5.13. The summed E-state index contributed by atoms with van der Waals surface area (Å²) in [4.78, 5) is 5.05. The molecule has 1 heterocycles. The van der Waals surface area contributed by atoms with E-state index in [0.717, 1.165) is 0 Å². The van der Waals surface area contributed by atoms with E-state index in [1.165, 1.54) is 47.8 Å². The van der Waals surface area contributed by atoms with Crippen molar-refractivity contribution in [2.75, 3.05) is 23.9 Å². The van der Waals surface area contributed by atoms with E-state index >= 15 is 0 Å². The molecule has 3 rings (SSSR count). The molecular formula is C19H26N2. The number of nitrogens with zero attached hydrogens (tertiary/aromatic N) is 2. The van der Waals surface area contributed by atoms with Crippen LogP contribution in [0.2, 0.25) is 0 Å². The smallest absolute Gasteiger partial charge is 0.112 e. The highest BCUT2D eigenvalue weighted by molar-refractivity contribution is 6.05. The van der Waals surface area contributed by atoms with E-state index in [9.17, 15) is 0 Å². The van der Waals surface area contributed by atoms with Crippen LogP contribution < -0.4 is 9.80 Å². The summed E-state index contributed by atoms with van der Waals surface area (Å²) in [5, 5.41) is 2.73. The van der Waals surface area contributed by atoms with E-state index in [1.807, 2.05) is 0 Å². The van der Waals surface area contributed by atoms with Crippen LogP contribution in [0.3, 0.4) is 0 Å². The average Bonchev–Trinajstić information content (AvgIpc) is 2.51. The van der Waals surface area contributed by atoms with Crippen molar-refractivity contribution in [2.45, 2.75) is 45.2 Å². The lowest BCUT2D eigenvalue weighted by Crippen LogP contribution is -2.60. The van der Waals surface area contributed by atoms with Crippen LogP contribution in [0.15, 0.2) is 36.4 Å². The first-order valence-electron chi connectivity index (χ1n) is 8.15. The van der Waals surface area contributed by atoms with E-state index in [1.54, 1.807) is 0 Å². The summed E-state index contributed by atoms with van der Waals surface area (Å²) in [5.41, 5.74) is 2.86. The molecule has 2 aromatic rings. The average molecular weight is 282 g/mol. The van der Waals surface area contributed by atoms with Gasteiger partial charge in [0.2, 0.25) is 0 Å². The second-order valence-electron chi connectivity index (χ2n) is 6.25. The highest BCUT2D eigenvalue weighted by atomic mass is 15.4. The second kappa shape index (κ2) is 5.25. The van der Waals surface area contributed by atoms with Gasteiger partial charge in [0.25, 0.3) is 0 Å². The van der Waals surface area contributed by atoms with Crippen LogP contribution in [-0.4, -0.2) is 19.8 Å². The van der Waals surface area contributed by atoms with Gasteiger partial charge in [0.05, 0.1) is 0 Å². The fourth-order valence-electron chi connectivity index (χ4n) is 4.13. The molecule has 1 aliphatic heterocycles. The van der Waals surface area contributed by atoms with Crippen molar-refractivity contribution >= 4 is 22.1 Å². The van der Waals surface area contributed by atoms with Crippen LogP contribution >= 0.6 is 0 Å². The molecule has 0 spiro atoms. The molecule has 2 aromatic carbocycles. The fraction of sp³-hybridized carbons (Fsp3) is 0.474. The molecule has 21 heavy (non-hydrogen) atoms. The van der Waals surface area contributed by atoms with Gasteiger partial charge in [-0.1, -0.05) is 51.0 Å². The van der Waals surface area contributed by atoms with Crippen molar-refractivity contribution < 1.29 is 0 Å². The predicted octanol–water partition coefficient (Wildman–Crippen LogP) is 5.02. The van der Waals surface area contributed by atoms with E-state index in [4.69, 9.17) is 0 Å². The Labute approximate surface area is 128 Å². The van der Waals surface area contributed by atoms with Gasteiger partial charge in [-0.25, -0.2) is 0 Å². The molecule has 112 valence electrons. The molecule has 0 unspecified atom stereocenters. The largest absolute Gasteiger partial charge is 0.351 e. The first-order chi connectivity index (χ1) is 10.2. The number of benzene rings is 2. The van der Waals surface area contributed by atoms with Crippen LogP contribution in [0.1, 0.15) is 39.5 Å². The maximum absolute atomic E-state index is 2.52. The first kappa shape index (κ1) is 14.2. The molecule has 0 amide bonds. The summed E-state index contributed by atoms with van der Waals surface area (Å²) in [7, 11) is 4.54. The van der Waals surface area contributed by atoms with Crippen molar-refractivity contribution in [3.63, 3.8) is 0 Å². The summed E-state index contributed by atoms with van der Waals surface area (Å²) >= 11 is 0. The zero-order valence-electron chi connectivity index (χ0n) is 13.7. The fourth-order valence-corrected chi connectivity index (χ4v) is 4.13. The highest BCUT2D eigenvalue weighted by Crippen LogP contribution is 2.47. The lowest BCUT2D eigenvalue weighted by Gasteiger charge is -2.54. The Balaban J connectivity index is 2.26. The zero-order valence-corrected chi connectivity index (χ0v) is 13.7. The molecule has 1 aliphatic rings. The summed E-state index contributed by atoms with van der Waals surface area (Å²) in [6.07, 6.45) is 4.79. The number of rotatable bonds is 4. The third-order valence-corrected chi connectivity index (χ3v) is 5.13. The van der Waals surface area contributed by atoms with Crippen molar-refractivity contribution in [1.82, 2.24) is 0 Å². The van der Waals surface area contributed by atoms with Gasteiger partial charge < -0.3 is 9.80 Å². The minimum atomic E-state index is 0.103. The molecule has 0 aliphatic carbocycles. The molecule has 0 saturated carbocycles. The Hall–Kier alpha value is -1.70. The molecule has 2 heteroatoms. The number of hydrogen-bond donors (Lipinski definition) is 0. The minimum Gasteiger partial charge on any atom is -0.351 e. The van der Waals surface area contributed by atoms with E-state index in [-0.39, 0.29) is 5.66 Å². The highest BCUT2D eigenvalue weighted by Gasteiger charge is 2.41. The van der Waals surface area contributed by atoms with Crippen LogP contribution in [-0.2, 0) is 0 Å². The van der Waals surface area contributed by atoms with Gasteiger partial charge in [0.1, 0.15) is 5.66 Å². The Morgan fingerprint density at radius 1 is 0.810 bits per heavy atom. The van der Waals surface area contributed by atoms with Crippen LogP contribution in [0.25, 0.3) is 10.8 Å².